The molecule has 1 heterocycles. The summed E-state index contributed by atoms with van der Waals surface area (Å²) >= 11 is 7.72. The summed E-state index contributed by atoms with van der Waals surface area (Å²) in [5, 5.41) is 3.78. The van der Waals surface area contributed by atoms with Crippen LogP contribution in [0.25, 0.3) is 5.57 Å². The van der Waals surface area contributed by atoms with Gasteiger partial charge in [0.2, 0.25) is 0 Å². The van der Waals surface area contributed by atoms with Crippen LogP contribution in [0.5, 0.6) is 0 Å². The minimum atomic E-state index is -0.307. The second kappa shape index (κ2) is 6.65. The van der Waals surface area contributed by atoms with Crippen molar-refractivity contribution in [1.29, 1.82) is 0 Å². The lowest BCUT2D eigenvalue weighted by Crippen LogP contribution is -2.20. The first-order valence-corrected chi connectivity index (χ1v) is 8.05. The van der Waals surface area contributed by atoms with Crippen molar-refractivity contribution in [1.82, 2.24) is 5.32 Å². The van der Waals surface area contributed by atoms with E-state index in [1.54, 1.807) is 17.8 Å². The zero-order chi connectivity index (χ0) is 14.7. The van der Waals surface area contributed by atoms with Gasteiger partial charge in [-0.3, -0.25) is 0 Å². The normalized spacial score (nSPS) is 14.9. The first kappa shape index (κ1) is 14.6. The van der Waals surface area contributed by atoms with Gasteiger partial charge in [-0.1, -0.05) is 47.6 Å². The Morgan fingerprint density at radius 3 is 2.71 bits per heavy atom. The molecule has 1 nitrogen and oxygen atoms in total. The van der Waals surface area contributed by atoms with Crippen molar-refractivity contribution in [2.45, 2.75) is 16.2 Å². The van der Waals surface area contributed by atoms with Gasteiger partial charge in [0.25, 0.3) is 0 Å². The molecule has 2 aromatic rings. The van der Waals surface area contributed by atoms with E-state index in [1.807, 2.05) is 6.07 Å². The molecule has 0 saturated heterocycles. The predicted octanol–water partition coefficient (Wildman–Crippen LogP) is 5.01. The molecular formula is C17H15ClFNS. The molecule has 21 heavy (non-hydrogen) atoms. The third-order valence-corrected chi connectivity index (χ3v) is 4.99. The van der Waals surface area contributed by atoms with Gasteiger partial charge in [-0.05, 0) is 48.4 Å². The van der Waals surface area contributed by atoms with Crippen LogP contribution in [-0.4, -0.2) is 13.1 Å². The van der Waals surface area contributed by atoms with E-state index >= 15 is 0 Å². The summed E-state index contributed by atoms with van der Waals surface area (Å²) in [4.78, 5) is 2.03. The summed E-state index contributed by atoms with van der Waals surface area (Å²) in [5.41, 5.74) is 2.60. The van der Waals surface area contributed by atoms with Crippen LogP contribution in [0.2, 0.25) is 5.02 Å². The summed E-state index contributed by atoms with van der Waals surface area (Å²) < 4.78 is 13.1. The molecule has 108 valence electrons. The zero-order valence-electron chi connectivity index (χ0n) is 11.4. The fourth-order valence-electron chi connectivity index (χ4n) is 2.36. The fourth-order valence-corrected chi connectivity index (χ4v) is 3.63. The first-order chi connectivity index (χ1) is 10.2. The lowest BCUT2D eigenvalue weighted by Gasteiger charge is -2.17. The molecule has 0 radical (unpaired) electrons. The van der Waals surface area contributed by atoms with Crippen molar-refractivity contribution in [2.75, 3.05) is 13.1 Å². The second-order valence-corrected chi connectivity index (χ2v) is 6.35. The fraction of sp³-hybridized carbons (Fsp3) is 0.176. The molecule has 1 N–H and O–H groups in total. The number of hydrogen-bond donors (Lipinski definition) is 1. The first-order valence-electron chi connectivity index (χ1n) is 6.86. The average Bonchev–Trinajstić information content (AvgIpc) is 2.51. The van der Waals surface area contributed by atoms with Crippen molar-refractivity contribution < 1.29 is 4.39 Å². The van der Waals surface area contributed by atoms with Crippen LogP contribution in [0, 0.1) is 5.82 Å². The molecule has 0 atom stereocenters. The van der Waals surface area contributed by atoms with Gasteiger partial charge in [0.1, 0.15) is 5.82 Å². The Balaban J connectivity index is 1.93. The number of halogens is 2. The third kappa shape index (κ3) is 3.49. The van der Waals surface area contributed by atoms with Crippen LogP contribution in [0.4, 0.5) is 4.39 Å². The van der Waals surface area contributed by atoms with Crippen molar-refractivity contribution >= 4 is 28.9 Å². The van der Waals surface area contributed by atoms with Crippen LogP contribution < -0.4 is 5.32 Å². The summed E-state index contributed by atoms with van der Waals surface area (Å²) in [7, 11) is 0. The summed E-state index contributed by atoms with van der Waals surface area (Å²) in [5.74, 6) is -0.307. The Morgan fingerprint density at radius 2 is 1.95 bits per heavy atom. The van der Waals surface area contributed by atoms with Crippen LogP contribution in [0.1, 0.15) is 12.0 Å². The molecular weight excluding hydrogens is 305 g/mol. The molecule has 0 fully saturated rings. The Bertz CT molecular complexity index is 684. The van der Waals surface area contributed by atoms with E-state index in [-0.39, 0.29) is 5.82 Å². The maximum Gasteiger partial charge on any atom is 0.124 e. The highest BCUT2D eigenvalue weighted by Crippen LogP contribution is 2.38. The smallest absolute Gasteiger partial charge is 0.124 e. The standard InChI is InChI=1S/C17H15ClFNS/c18-15-11-13(19)5-6-17(15)21-16-4-2-1-3-14(16)12-7-9-20-10-8-12/h1-7,11,20H,8-10H2. The van der Waals surface area contributed by atoms with E-state index in [2.05, 4.69) is 29.6 Å². The second-order valence-electron chi connectivity index (χ2n) is 4.86. The lowest BCUT2D eigenvalue weighted by atomic mass is 10.0. The van der Waals surface area contributed by atoms with E-state index in [0.717, 1.165) is 29.3 Å². The van der Waals surface area contributed by atoms with E-state index < -0.39 is 0 Å². The van der Waals surface area contributed by atoms with Crippen LogP contribution >= 0.6 is 23.4 Å². The van der Waals surface area contributed by atoms with Gasteiger partial charge in [-0.2, -0.15) is 0 Å². The molecule has 0 aromatic heterocycles. The Labute approximate surface area is 133 Å². The van der Waals surface area contributed by atoms with E-state index in [9.17, 15) is 4.39 Å². The van der Waals surface area contributed by atoms with Crippen molar-refractivity contribution in [2.24, 2.45) is 0 Å². The van der Waals surface area contributed by atoms with Gasteiger partial charge < -0.3 is 5.32 Å². The number of nitrogens with one attached hydrogen (secondary N) is 1. The Hall–Kier alpha value is -1.29. The van der Waals surface area contributed by atoms with Gasteiger partial charge in [0.05, 0.1) is 5.02 Å². The lowest BCUT2D eigenvalue weighted by molar-refractivity contribution is 0.626. The Kier molecular flexibility index (Phi) is 4.63. The number of rotatable bonds is 3. The van der Waals surface area contributed by atoms with Gasteiger partial charge in [-0.25, -0.2) is 4.39 Å². The number of benzene rings is 2. The predicted molar refractivity (Wildman–Crippen MR) is 87.4 cm³/mol. The molecule has 1 aliphatic heterocycles. The zero-order valence-corrected chi connectivity index (χ0v) is 13.0. The molecule has 0 spiro atoms. The quantitative estimate of drug-likeness (QED) is 0.853. The summed E-state index contributed by atoms with van der Waals surface area (Å²) in [6.07, 6.45) is 3.25. The summed E-state index contributed by atoms with van der Waals surface area (Å²) in [6.45, 7) is 1.91. The molecule has 3 rings (SSSR count). The Morgan fingerprint density at radius 1 is 1.10 bits per heavy atom. The van der Waals surface area contributed by atoms with Gasteiger partial charge >= 0.3 is 0 Å². The molecule has 0 amide bonds. The maximum atomic E-state index is 13.1. The molecule has 0 unspecified atom stereocenters. The molecule has 1 aliphatic rings. The summed E-state index contributed by atoms with van der Waals surface area (Å²) in [6, 6.07) is 12.8. The van der Waals surface area contributed by atoms with Crippen LogP contribution in [-0.2, 0) is 0 Å². The van der Waals surface area contributed by atoms with Gasteiger partial charge in [-0.15, -0.1) is 0 Å². The molecule has 0 saturated carbocycles. The van der Waals surface area contributed by atoms with Crippen LogP contribution in [0.15, 0.2) is 58.3 Å². The highest BCUT2D eigenvalue weighted by Gasteiger charge is 2.12. The molecule has 4 heteroatoms. The van der Waals surface area contributed by atoms with Gasteiger partial charge in [0, 0.05) is 16.3 Å². The SMILES string of the molecule is Fc1ccc(Sc2ccccc2C2=CCNCC2)c(Cl)c1. The average molecular weight is 320 g/mol. The monoisotopic (exact) mass is 319 g/mol. The van der Waals surface area contributed by atoms with Crippen molar-refractivity contribution in [3.05, 3.63) is 64.9 Å². The van der Waals surface area contributed by atoms with E-state index in [1.165, 1.54) is 23.3 Å². The minimum Gasteiger partial charge on any atom is -0.313 e. The highest BCUT2D eigenvalue weighted by atomic mass is 35.5. The van der Waals surface area contributed by atoms with Crippen molar-refractivity contribution in [3.8, 4) is 0 Å². The molecule has 0 aliphatic carbocycles. The number of hydrogen-bond acceptors (Lipinski definition) is 2. The van der Waals surface area contributed by atoms with Crippen molar-refractivity contribution in [3.63, 3.8) is 0 Å². The van der Waals surface area contributed by atoms with E-state index in [0.29, 0.717) is 5.02 Å². The molecule has 2 aromatic carbocycles. The van der Waals surface area contributed by atoms with Gasteiger partial charge in [0.15, 0.2) is 0 Å². The van der Waals surface area contributed by atoms with E-state index in [4.69, 9.17) is 11.6 Å². The highest BCUT2D eigenvalue weighted by molar-refractivity contribution is 7.99. The largest absolute Gasteiger partial charge is 0.313 e. The topological polar surface area (TPSA) is 12.0 Å². The minimum absolute atomic E-state index is 0.307. The van der Waals surface area contributed by atoms with Crippen LogP contribution in [0.3, 0.4) is 0 Å². The third-order valence-electron chi connectivity index (χ3n) is 3.41. The maximum absolute atomic E-state index is 13.1. The molecule has 0 bridgehead atoms.